The summed E-state index contributed by atoms with van der Waals surface area (Å²) in [6, 6.07) is 10.7. The van der Waals surface area contributed by atoms with Crippen molar-refractivity contribution in [1.29, 1.82) is 0 Å². The molecule has 224 valence electrons. The summed E-state index contributed by atoms with van der Waals surface area (Å²) in [6.07, 6.45) is 3.55. The predicted octanol–water partition coefficient (Wildman–Crippen LogP) is 4.40. The van der Waals surface area contributed by atoms with E-state index in [-0.39, 0.29) is 34.4 Å². The minimum absolute atomic E-state index is 0.0737. The number of aromatic nitrogens is 2. The fourth-order valence-corrected chi connectivity index (χ4v) is 6.86. The highest BCUT2D eigenvalue weighted by Crippen LogP contribution is 2.39. The Bertz CT molecular complexity index is 1750. The topological polar surface area (TPSA) is 131 Å². The van der Waals surface area contributed by atoms with Crippen LogP contribution < -0.4 is 19.7 Å². The van der Waals surface area contributed by atoms with E-state index in [2.05, 4.69) is 15.3 Å². The molecule has 2 aromatic carbocycles. The number of benzene rings is 2. The van der Waals surface area contributed by atoms with Gasteiger partial charge in [0.2, 0.25) is 10.0 Å². The third kappa shape index (κ3) is 6.60. The largest absolute Gasteiger partial charge is 0.497 e. The first-order valence-electron chi connectivity index (χ1n) is 12.8. The van der Waals surface area contributed by atoms with Gasteiger partial charge < -0.3 is 14.8 Å². The molecule has 1 unspecified atom stereocenters. The van der Waals surface area contributed by atoms with Gasteiger partial charge in [0.05, 0.1) is 47.7 Å². The monoisotopic (exact) mass is 661 g/mol. The van der Waals surface area contributed by atoms with Crippen LogP contribution in [-0.4, -0.2) is 61.3 Å². The first-order valence-corrected chi connectivity index (χ1v) is 15.8. The van der Waals surface area contributed by atoms with Gasteiger partial charge in [-0.25, -0.2) is 8.42 Å². The van der Waals surface area contributed by atoms with Gasteiger partial charge in [0.1, 0.15) is 16.4 Å². The molecule has 1 N–H and O–H groups in total. The number of carbonyl (C=O) groups is 2. The van der Waals surface area contributed by atoms with E-state index < -0.39 is 27.9 Å². The zero-order valence-electron chi connectivity index (χ0n) is 22.9. The number of hydrogen-bond donors (Lipinski definition) is 1. The van der Waals surface area contributed by atoms with Gasteiger partial charge >= 0.3 is 0 Å². The average Bonchev–Trinajstić information content (AvgIpc) is 3.38. The third-order valence-electron chi connectivity index (χ3n) is 6.58. The molecule has 0 spiro atoms. The van der Waals surface area contributed by atoms with Gasteiger partial charge in [-0.05, 0) is 47.3 Å². The average molecular weight is 663 g/mol. The van der Waals surface area contributed by atoms with Crippen LogP contribution in [-0.2, 0) is 27.9 Å². The van der Waals surface area contributed by atoms with Crippen LogP contribution in [0.1, 0.15) is 20.9 Å². The van der Waals surface area contributed by atoms with E-state index in [0.29, 0.717) is 33.5 Å². The van der Waals surface area contributed by atoms with Crippen molar-refractivity contribution in [1.82, 2.24) is 19.6 Å². The smallest absolute Gasteiger partial charge is 0.270 e. The van der Waals surface area contributed by atoms with Gasteiger partial charge in [0, 0.05) is 37.1 Å². The maximum absolute atomic E-state index is 13.9. The van der Waals surface area contributed by atoms with Crippen molar-refractivity contribution < 1.29 is 27.5 Å². The van der Waals surface area contributed by atoms with E-state index in [9.17, 15) is 18.0 Å². The van der Waals surface area contributed by atoms with Gasteiger partial charge in [0.15, 0.2) is 6.10 Å². The standard InChI is InChI=1S/C28H25Cl2N5O6S2/c1-34(43(38,39)21-6-3-18(29)4-7-21)14-17-16-42-26(25(17)30)28(37)35-15-24(27(36)33-13-19-12-31-9-10-32-19)41-23-8-5-20(40-2)11-22(23)35/h3-12,16,24H,13-15H2,1-2H3,(H,33,36). The van der Waals surface area contributed by atoms with E-state index >= 15 is 0 Å². The summed E-state index contributed by atoms with van der Waals surface area (Å²) < 4.78 is 38.6. The highest BCUT2D eigenvalue weighted by atomic mass is 35.5. The molecule has 0 saturated heterocycles. The summed E-state index contributed by atoms with van der Waals surface area (Å²) in [6.45, 7) is -0.0588. The van der Waals surface area contributed by atoms with E-state index in [4.69, 9.17) is 32.7 Å². The number of fused-ring (bicyclic) bond motifs is 1. The van der Waals surface area contributed by atoms with Crippen LogP contribution in [0.4, 0.5) is 5.69 Å². The first-order chi connectivity index (χ1) is 20.6. The summed E-state index contributed by atoms with van der Waals surface area (Å²) in [4.78, 5) is 36.8. The summed E-state index contributed by atoms with van der Waals surface area (Å²) in [5.41, 5.74) is 1.41. The maximum Gasteiger partial charge on any atom is 0.270 e. The van der Waals surface area contributed by atoms with Crippen LogP contribution in [0.2, 0.25) is 10.0 Å². The molecule has 15 heteroatoms. The molecular weight excluding hydrogens is 637 g/mol. The minimum atomic E-state index is -3.85. The second-order valence-corrected chi connectivity index (χ2v) is 13.1. The van der Waals surface area contributed by atoms with Crippen molar-refractivity contribution in [2.45, 2.75) is 24.1 Å². The third-order valence-corrected chi connectivity index (χ3v) is 10.2. The Kier molecular flexibility index (Phi) is 9.18. The molecular formula is C28H25Cl2N5O6S2. The van der Waals surface area contributed by atoms with Gasteiger partial charge in [-0.1, -0.05) is 23.2 Å². The maximum atomic E-state index is 13.9. The molecule has 5 rings (SSSR count). The molecule has 1 atom stereocenters. The lowest BCUT2D eigenvalue weighted by molar-refractivity contribution is -0.128. The van der Waals surface area contributed by atoms with Crippen LogP contribution in [0.25, 0.3) is 0 Å². The molecule has 2 aromatic heterocycles. The summed E-state index contributed by atoms with van der Waals surface area (Å²) >= 11 is 13.7. The molecule has 0 saturated carbocycles. The Balaban J connectivity index is 1.38. The number of anilines is 1. The fraction of sp³-hybridized carbons (Fsp3) is 0.214. The molecule has 0 bridgehead atoms. The lowest BCUT2D eigenvalue weighted by Crippen LogP contribution is -2.50. The predicted molar refractivity (Wildman–Crippen MR) is 162 cm³/mol. The highest BCUT2D eigenvalue weighted by molar-refractivity contribution is 7.89. The summed E-state index contributed by atoms with van der Waals surface area (Å²) in [5.74, 6) is -0.134. The lowest BCUT2D eigenvalue weighted by Gasteiger charge is -2.34. The number of nitrogens with zero attached hydrogens (tertiary/aromatic N) is 4. The number of rotatable bonds is 9. The second kappa shape index (κ2) is 12.9. The van der Waals surface area contributed by atoms with Crippen LogP contribution in [0.3, 0.4) is 0 Å². The number of sulfonamides is 1. The van der Waals surface area contributed by atoms with Crippen LogP contribution in [0.5, 0.6) is 11.5 Å². The van der Waals surface area contributed by atoms with Crippen molar-refractivity contribution in [2.24, 2.45) is 0 Å². The van der Waals surface area contributed by atoms with Crippen LogP contribution in [0, 0.1) is 0 Å². The Morgan fingerprint density at radius 3 is 2.65 bits per heavy atom. The number of carbonyl (C=O) groups excluding carboxylic acids is 2. The first kappa shape index (κ1) is 30.7. The molecule has 3 heterocycles. The van der Waals surface area contributed by atoms with Gasteiger partial charge in [0.25, 0.3) is 11.8 Å². The van der Waals surface area contributed by atoms with Crippen molar-refractivity contribution >= 4 is 62.1 Å². The van der Waals surface area contributed by atoms with Crippen molar-refractivity contribution in [3.63, 3.8) is 0 Å². The molecule has 1 aliphatic rings. The molecule has 1 aliphatic heterocycles. The molecule has 43 heavy (non-hydrogen) atoms. The van der Waals surface area contributed by atoms with E-state index in [0.717, 1.165) is 15.6 Å². The molecule has 2 amide bonds. The Morgan fingerprint density at radius 2 is 1.95 bits per heavy atom. The van der Waals surface area contributed by atoms with Gasteiger partial charge in [-0.15, -0.1) is 11.3 Å². The zero-order chi connectivity index (χ0) is 30.7. The van der Waals surface area contributed by atoms with E-state index in [1.807, 2.05) is 0 Å². The van der Waals surface area contributed by atoms with Crippen molar-refractivity contribution in [2.75, 3.05) is 25.6 Å². The number of halogens is 2. The van der Waals surface area contributed by atoms with E-state index in [1.54, 1.807) is 23.6 Å². The quantitative estimate of drug-likeness (QED) is 0.279. The summed E-state index contributed by atoms with van der Waals surface area (Å²) in [5, 5.41) is 4.94. The second-order valence-electron chi connectivity index (χ2n) is 9.39. The number of thiophene rings is 1. The zero-order valence-corrected chi connectivity index (χ0v) is 26.0. The molecule has 11 nitrogen and oxygen atoms in total. The number of ether oxygens (including phenoxy) is 2. The Hall–Kier alpha value is -3.75. The fourth-order valence-electron chi connectivity index (χ4n) is 4.30. The van der Waals surface area contributed by atoms with E-state index in [1.165, 1.54) is 61.9 Å². The van der Waals surface area contributed by atoms with Gasteiger partial charge in [-0.3, -0.25) is 24.5 Å². The van der Waals surface area contributed by atoms with Crippen LogP contribution >= 0.6 is 34.5 Å². The lowest BCUT2D eigenvalue weighted by atomic mass is 10.1. The highest BCUT2D eigenvalue weighted by Gasteiger charge is 2.36. The number of hydrogen-bond acceptors (Lipinski definition) is 9. The molecule has 0 aliphatic carbocycles. The van der Waals surface area contributed by atoms with Gasteiger partial charge in [-0.2, -0.15) is 4.31 Å². The summed E-state index contributed by atoms with van der Waals surface area (Å²) in [7, 11) is -0.928. The molecule has 4 aromatic rings. The number of methoxy groups -OCH3 is 1. The Labute approximate surface area is 262 Å². The van der Waals surface area contributed by atoms with Crippen molar-refractivity contribution in [3.8, 4) is 11.5 Å². The number of nitrogens with one attached hydrogen (secondary N) is 1. The molecule has 0 fully saturated rings. The minimum Gasteiger partial charge on any atom is -0.497 e. The Morgan fingerprint density at radius 1 is 1.19 bits per heavy atom. The van der Waals surface area contributed by atoms with Crippen molar-refractivity contribution in [3.05, 3.63) is 92.6 Å². The van der Waals surface area contributed by atoms with Crippen LogP contribution in [0.15, 0.2) is 71.3 Å². The SMILES string of the molecule is COc1ccc2c(c1)N(C(=O)c1scc(CN(C)S(=O)(=O)c3ccc(Cl)cc3)c1Cl)CC(C(=O)NCc1cnccn1)O2. The molecule has 0 radical (unpaired) electrons. The normalized spacial score (nSPS) is 14.6. The number of amides is 2.